The first-order valence-electron chi connectivity index (χ1n) is 9.30. The maximum Gasteiger partial charge on any atom is 0.262 e. The van der Waals surface area contributed by atoms with Crippen molar-refractivity contribution in [3.8, 4) is 0 Å². The number of fused-ring (bicyclic) bond motifs is 1. The summed E-state index contributed by atoms with van der Waals surface area (Å²) in [5, 5.41) is 0.534. The van der Waals surface area contributed by atoms with Crippen molar-refractivity contribution in [1.82, 2.24) is 19.4 Å². The third-order valence-corrected chi connectivity index (χ3v) is 5.41. The van der Waals surface area contributed by atoms with Gasteiger partial charge >= 0.3 is 0 Å². The van der Waals surface area contributed by atoms with Crippen molar-refractivity contribution in [3.05, 3.63) is 63.3 Å². The fourth-order valence-corrected chi connectivity index (χ4v) is 3.86. The molecule has 0 atom stereocenters. The molecule has 0 saturated carbocycles. The van der Waals surface area contributed by atoms with Crippen LogP contribution < -0.4 is 10.5 Å². The molecular formula is C20H21N5O2S. The lowest BCUT2D eigenvalue weighted by atomic mass is 10.1. The number of anilines is 1. The minimum atomic E-state index is -0.135. The van der Waals surface area contributed by atoms with Crippen molar-refractivity contribution in [2.24, 2.45) is 0 Å². The van der Waals surface area contributed by atoms with E-state index >= 15 is 0 Å². The molecule has 8 heteroatoms. The van der Waals surface area contributed by atoms with Gasteiger partial charge in [0.15, 0.2) is 4.77 Å². The highest BCUT2D eigenvalue weighted by Crippen LogP contribution is 2.16. The highest BCUT2D eigenvalue weighted by molar-refractivity contribution is 7.71. The zero-order valence-electron chi connectivity index (χ0n) is 15.6. The molecule has 4 rings (SSSR count). The minimum Gasteiger partial charge on any atom is -0.353 e. The number of H-pyrrole nitrogens is 1. The van der Waals surface area contributed by atoms with Crippen LogP contribution in [0.15, 0.2) is 47.4 Å². The van der Waals surface area contributed by atoms with Crippen molar-refractivity contribution < 1.29 is 4.79 Å². The van der Waals surface area contributed by atoms with Gasteiger partial charge in [0, 0.05) is 44.5 Å². The van der Waals surface area contributed by atoms with E-state index in [0.717, 1.165) is 18.9 Å². The molecule has 1 saturated heterocycles. The number of nitrogens with zero attached hydrogens (tertiary/aromatic N) is 4. The predicted molar refractivity (Wildman–Crippen MR) is 111 cm³/mol. The lowest BCUT2D eigenvalue weighted by molar-refractivity contribution is 0.0746. The molecule has 2 aromatic heterocycles. The third-order valence-electron chi connectivity index (χ3n) is 5.09. The van der Waals surface area contributed by atoms with Crippen LogP contribution in [-0.4, -0.2) is 51.5 Å². The summed E-state index contributed by atoms with van der Waals surface area (Å²) in [6.45, 7) is 5.10. The van der Waals surface area contributed by atoms with Crippen LogP contribution in [-0.2, 0) is 6.54 Å². The second-order valence-electron chi connectivity index (χ2n) is 6.71. The van der Waals surface area contributed by atoms with Crippen LogP contribution in [0.1, 0.15) is 17.3 Å². The Hall–Kier alpha value is -3.00. The Balaban J connectivity index is 1.55. The summed E-state index contributed by atoms with van der Waals surface area (Å²) in [6.07, 6.45) is 1.78. The first-order chi connectivity index (χ1) is 13.6. The van der Waals surface area contributed by atoms with Gasteiger partial charge in [-0.05, 0) is 49.5 Å². The van der Waals surface area contributed by atoms with Crippen molar-refractivity contribution in [2.75, 3.05) is 31.1 Å². The number of aromatic amines is 1. The standard InChI is InChI=1S/C20H21N5O2S/c1-2-25-19(27)15-7-6-14(13-16(15)22-20(25)28)18(26)24-11-9-23(10-12-24)17-5-3-4-8-21-17/h3-8,13H,2,9-12H2,1H3,(H,22,28). The normalized spacial score (nSPS) is 14.5. The Morgan fingerprint density at radius 2 is 1.96 bits per heavy atom. The average molecular weight is 395 g/mol. The number of hydrogen-bond acceptors (Lipinski definition) is 5. The van der Waals surface area contributed by atoms with E-state index < -0.39 is 0 Å². The summed E-state index contributed by atoms with van der Waals surface area (Å²) < 4.78 is 1.88. The van der Waals surface area contributed by atoms with Crippen molar-refractivity contribution in [1.29, 1.82) is 0 Å². The van der Waals surface area contributed by atoms with Gasteiger partial charge in [-0.1, -0.05) is 6.07 Å². The number of carbonyl (C=O) groups is 1. The van der Waals surface area contributed by atoms with E-state index in [-0.39, 0.29) is 11.5 Å². The van der Waals surface area contributed by atoms with Gasteiger partial charge in [-0.25, -0.2) is 4.98 Å². The summed E-state index contributed by atoms with van der Waals surface area (Å²) in [6, 6.07) is 11.0. The van der Waals surface area contributed by atoms with Crippen molar-refractivity contribution >= 4 is 34.8 Å². The molecule has 1 amide bonds. The van der Waals surface area contributed by atoms with Gasteiger partial charge in [-0.15, -0.1) is 0 Å². The molecule has 1 aliphatic heterocycles. The number of benzene rings is 1. The molecule has 1 aromatic carbocycles. The Morgan fingerprint density at radius 1 is 1.18 bits per heavy atom. The molecular weight excluding hydrogens is 374 g/mol. The number of nitrogens with one attached hydrogen (secondary N) is 1. The quantitative estimate of drug-likeness (QED) is 0.690. The number of amides is 1. The largest absolute Gasteiger partial charge is 0.353 e. The lowest BCUT2D eigenvalue weighted by Gasteiger charge is -2.35. The highest BCUT2D eigenvalue weighted by atomic mass is 32.1. The molecule has 3 aromatic rings. The van der Waals surface area contributed by atoms with Crippen molar-refractivity contribution in [3.63, 3.8) is 0 Å². The first-order valence-corrected chi connectivity index (χ1v) is 9.71. The molecule has 1 N–H and O–H groups in total. The molecule has 0 aliphatic carbocycles. The Kier molecular flexibility index (Phi) is 4.95. The van der Waals surface area contributed by atoms with Gasteiger partial charge in [0.1, 0.15) is 5.82 Å². The Morgan fingerprint density at radius 3 is 2.64 bits per heavy atom. The van der Waals surface area contributed by atoms with Crippen LogP contribution in [0.2, 0.25) is 0 Å². The molecule has 1 aliphatic rings. The average Bonchev–Trinajstić information content (AvgIpc) is 2.74. The van der Waals surface area contributed by atoms with Crippen LogP contribution in [0.5, 0.6) is 0 Å². The summed E-state index contributed by atoms with van der Waals surface area (Å²) in [4.78, 5) is 36.9. The smallest absolute Gasteiger partial charge is 0.262 e. The number of hydrogen-bond donors (Lipinski definition) is 1. The second kappa shape index (κ2) is 7.55. The van der Waals surface area contributed by atoms with Crippen LogP contribution in [0, 0.1) is 4.77 Å². The molecule has 0 radical (unpaired) electrons. The predicted octanol–water partition coefficient (Wildman–Crippen LogP) is 2.44. The fourth-order valence-electron chi connectivity index (χ4n) is 3.54. The van der Waals surface area contributed by atoms with Crippen LogP contribution >= 0.6 is 12.2 Å². The highest BCUT2D eigenvalue weighted by Gasteiger charge is 2.23. The molecule has 1 fully saturated rings. The monoisotopic (exact) mass is 395 g/mol. The van der Waals surface area contributed by atoms with Crippen LogP contribution in [0.3, 0.4) is 0 Å². The number of pyridine rings is 1. The maximum atomic E-state index is 12.9. The summed E-state index contributed by atoms with van der Waals surface area (Å²) in [5.74, 6) is 0.890. The van der Waals surface area contributed by atoms with E-state index in [2.05, 4.69) is 14.9 Å². The SMILES string of the molecule is CCn1c(=S)[nH]c2cc(C(=O)N3CCN(c4ccccn4)CC3)ccc2c1=O. The fraction of sp³-hybridized carbons (Fsp3) is 0.300. The van der Waals surface area contributed by atoms with Crippen LogP contribution in [0.4, 0.5) is 5.82 Å². The summed E-state index contributed by atoms with van der Waals surface area (Å²) in [5.41, 5.74) is 1.01. The van der Waals surface area contributed by atoms with Gasteiger partial charge in [0.05, 0.1) is 10.9 Å². The van der Waals surface area contributed by atoms with E-state index in [1.54, 1.807) is 24.4 Å². The first kappa shape index (κ1) is 18.4. The zero-order chi connectivity index (χ0) is 19.7. The number of carbonyl (C=O) groups excluding carboxylic acids is 1. The molecule has 0 spiro atoms. The van der Waals surface area contributed by atoms with E-state index in [4.69, 9.17) is 12.2 Å². The van der Waals surface area contributed by atoms with E-state index in [0.29, 0.717) is 40.9 Å². The minimum absolute atomic E-state index is 0.0402. The number of piperazine rings is 1. The van der Waals surface area contributed by atoms with Gasteiger partial charge in [-0.2, -0.15) is 0 Å². The third kappa shape index (κ3) is 3.31. The lowest BCUT2D eigenvalue weighted by Crippen LogP contribution is -2.49. The Bertz CT molecular complexity index is 1130. The van der Waals surface area contributed by atoms with Crippen LogP contribution in [0.25, 0.3) is 10.9 Å². The number of aromatic nitrogens is 3. The summed E-state index contributed by atoms with van der Waals surface area (Å²) in [7, 11) is 0. The van der Waals surface area contributed by atoms with E-state index in [1.165, 1.54) is 4.57 Å². The van der Waals surface area contributed by atoms with Gasteiger partial charge in [0.2, 0.25) is 0 Å². The van der Waals surface area contributed by atoms with Gasteiger partial charge in [0.25, 0.3) is 11.5 Å². The molecule has 144 valence electrons. The maximum absolute atomic E-state index is 12.9. The number of rotatable bonds is 3. The van der Waals surface area contributed by atoms with Gasteiger partial charge in [-0.3, -0.25) is 14.2 Å². The molecule has 3 heterocycles. The topological polar surface area (TPSA) is 74.2 Å². The molecule has 0 bridgehead atoms. The Labute approximate surface area is 167 Å². The zero-order valence-corrected chi connectivity index (χ0v) is 16.4. The second-order valence-corrected chi connectivity index (χ2v) is 7.09. The molecule has 7 nitrogen and oxygen atoms in total. The van der Waals surface area contributed by atoms with Gasteiger partial charge < -0.3 is 14.8 Å². The molecule has 0 unspecified atom stereocenters. The van der Waals surface area contributed by atoms with E-state index in [9.17, 15) is 9.59 Å². The van der Waals surface area contributed by atoms with E-state index in [1.807, 2.05) is 30.0 Å². The molecule has 28 heavy (non-hydrogen) atoms. The summed E-state index contributed by atoms with van der Waals surface area (Å²) >= 11 is 5.26. The van der Waals surface area contributed by atoms with Crippen molar-refractivity contribution in [2.45, 2.75) is 13.5 Å².